The number of thiophene rings is 1. The molecule has 5 heteroatoms. The number of fused-ring (bicyclic) bond motifs is 1. The monoisotopic (exact) mass is 349 g/mol. The number of benzene rings is 1. The molecule has 0 fully saturated rings. The highest BCUT2D eigenvalue weighted by Gasteiger charge is 2.29. The lowest BCUT2D eigenvalue weighted by molar-refractivity contribution is -0.924. The van der Waals surface area contributed by atoms with Gasteiger partial charge < -0.3 is 10.2 Å². The van der Waals surface area contributed by atoms with E-state index in [4.69, 9.17) is 11.6 Å². The van der Waals surface area contributed by atoms with Gasteiger partial charge in [0.25, 0.3) is 5.91 Å². The number of carbonyl (C=O) groups is 1. The van der Waals surface area contributed by atoms with E-state index in [1.54, 1.807) is 0 Å². The predicted molar refractivity (Wildman–Crippen MR) is 95.1 cm³/mol. The summed E-state index contributed by atoms with van der Waals surface area (Å²) in [5.41, 5.74) is 2.49. The summed E-state index contributed by atoms with van der Waals surface area (Å²) in [4.78, 5) is 15.2. The van der Waals surface area contributed by atoms with Gasteiger partial charge in [-0.1, -0.05) is 23.7 Å². The van der Waals surface area contributed by atoms with Crippen molar-refractivity contribution in [2.45, 2.75) is 32.4 Å². The van der Waals surface area contributed by atoms with Crippen LogP contribution in [0.1, 0.15) is 41.9 Å². The molecule has 0 saturated carbocycles. The van der Waals surface area contributed by atoms with Gasteiger partial charge in [0, 0.05) is 21.9 Å². The molecule has 2 heterocycles. The first-order valence-corrected chi connectivity index (χ1v) is 9.26. The summed E-state index contributed by atoms with van der Waals surface area (Å²) >= 11 is 7.74. The van der Waals surface area contributed by atoms with Crippen LogP contribution < -0.4 is 10.2 Å². The van der Waals surface area contributed by atoms with Gasteiger partial charge in [0.05, 0.1) is 12.6 Å². The van der Waals surface area contributed by atoms with E-state index < -0.39 is 0 Å². The third-order valence-corrected chi connectivity index (χ3v) is 5.92. The molecule has 2 aromatic rings. The normalized spacial score (nSPS) is 21.5. The fraction of sp³-hybridized carbons (Fsp3) is 0.389. The molecule has 3 nitrogen and oxygen atoms in total. The minimum atomic E-state index is -0.00373. The molecule has 1 amide bonds. The van der Waals surface area contributed by atoms with E-state index in [9.17, 15) is 4.79 Å². The fourth-order valence-corrected chi connectivity index (χ4v) is 4.33. The van der Waals surface area contributed by atoms with Crippen LogP contribution in [0.4, 0.5) is 0 Å². The van der Waals surface area contributed by atoms with Crippen LogP contribution in [-0.4, -0.2) is 19.0 Å². The van der Waals surface area contributed by atoms with E-state index in [-0.39, 0.29) is 11.9 Å². The van der Waals surface area contributed by atoms with Crippen LogP contribution in [0.15, 0.2) is 35.7 Å². The number of carbonyl (C=O) groups excluding carboxylic acids is 1. The standard InChI is InChI=1S/C18H21ClN2OS/c1-12(14-3-5-15(19)6-4-14)20-18(22)11-21-9-7-17-16(13(21)2)8-10-23-17/h3-6,8,10,12-13H,7,9,11H2,1-2H3,(H,20,22)/p+1/t12-,13+/m0/s1. The van der Waals surface area contributed by atoms with Crippen LogP contribution in [-0.2, 0) is 11.2 Å². The third-order valence-electron chi connectivity index (χ3n) is 4.67. The second-order valence-electron chi connectivity index (χ2n) is 6.20. The number of rotatable bonds is 4. The lowest BCUT2D eigenvalue weighted by Gasteiger charge is -2.30. The van der Waals surface area contributed by atoms with Gasteiger partial charge in [-0.25, -0.2) is 0 Å². The maximum absolute atomic E-state index is 12.4. The van der Waals surface area contributed by atoms with Crippen LogP contribution in [0.5, 0.6) is 0 Å². The number of quaternary nitrogens is 1. The van der Waals surface area contributed by atoms with Crippen molar-refractivity contribution in [3.05, 3.63) is 56.7 Å². The molecule has 1 unspecified atom stereocenters. The Morgan fingerprint density at radius 2 is 2.13 bits per heavy atom. The van der Waals surface area contributed by atoms with E-state index in [0.717, 1.165) is 18.5 Å². The Balaban J connectivity index is 1.58. The lowest BCUT2D eigenvalue weighted by atomic mass is 10.0. The molecule has 0 radical (unpaired) electrons. The summed E-state index contributed by atoms with van der Waals surface area (Å²) in [6.07, 6.45) is 1.08. The first kappa shape index (κ1) is 16.5. The molecular formula is C18H22ClN2OS+. The van der Waals surface area contributed by atoms with E-state index >= 15 is 0 Å². The Labute approximate surface area is 146 Å². The van der Waals surface area contributed by atoms with Crippen LogP contribution >= 0.6 is 22.9 Å². The minimum absolute atomic E-state index is 0.00373. The van der Waals surface area contributed by atoms with Gasteiger partial charge in [0.1, 0.15) is 6.04 Å². The number of hydrogen-bond donors (Lipinski definition) is 2. The molecule has 0 bridgehead atoms. The van der Waals surface area contributed by atoms with Crippen molar-refractivity contribution in [1.82, 2.24) is 5.32 Å². The summed E-state index contributed by atoms with van der Waals surface area (Å²) in [6, 6.07) is 10.2. The Hall–Kier alpha value is -1.36. The maximum Gasteiger partial charge on any atom is 0.275 e. The summed E-state index contributed by atoms with van der Waals surface area (Å²) < 4.78 is 0. The molecule has 122 valence electrons. The molecule has 1 aromatic heterocycles. The molecule has 0 spiro atoms. The van der Waals surface area contributed by atoms with Crippen LogP contribution in [0.3, 0.4) is 0 Å². The number of hydrogen-bond acceptors (Lipinski definition) is 2. The molecule has 3 rings (SSSR count). The maximum atomic E-state index is 12.4. The van der Waals surface area contributed by atoms with Gasteiger partial charge >= 0.3 is 0 Å². The number of amides is 1. The van der Waals surface area contributed by atoms with Crippen LogP contribution in [0, 0.1) is 0 Å². The highest BCUT2D eigenvalue weighted by atomic mass is 35.5. The second kappa shape index (κ2) is 7.04. The van der Waals surface area contributed by atoms with Gasteiger partial charge in [-0.3, -0.25) is 4.79 Å². The summed E-state index contributed by atoms with van der Waals surface area (Å²) in [6.45, 7) is 5.77. The summed E-state index contributed by atoms with van der Waals surface area (Å²) in [7, 11) is 0. The molecule has 0 aliphatic carbocycles. The first-order valence-electron chi connectivity index (χ1n) is 8.00. The molecule has 1 aliphatic rings. The zero-order valence-corrected chi connectivity index (χ0v) is 15.0. The van der Waals surface area contributed by atoms with Gasteiger partial charge in [-0.2, -0.15) is 0 Å². The first-order chi connectivity index (χ1) is 11.0. The second-order valence-corrected chi connectivity index (χ2v) is 7.63. The van der Waals surface area contributed by atoms with Crippen molar-refractivity contribution in [3.63, 3.8) is 0 Å². The molecule has 0 saturated heterocycles. The zero-order chi connectivity index (χ0) is 16.4. The Kier molecular flexibility index (Phi) is 5.05. The Morgan fingerprint density at radius 1 is 1.39 bits per heavy atom. The van der Waals surface area contributed by atoms with Gasteiger partial charge in [0.15, 0.2) is 6.54 Å². The average molecular weight is 350 g/mol. The molecular weight excluding hydrogens is 328 g/mol. The fourth-order valence-electron chi connectivity index (χ4n) is 3.23. The summed E-state index contributed by atoms with van der Waals surface area (Å²) in [5, 5.41) is 5.97. The predicted octanol–water partition coefficient (Wildman–Crippen LogP) is 2.78. The molecule has 3 atom stereocenters. The van der Waals surface area contributed by atoms with Crippen molar-refractivity contribution < 1.29 is 9.69 Å². The molecule has 2 N–H and O–H groups in total. The Bertz CT molecular complexity index is 683. The van der Waals surface area contributed by atoms with Crippen LogP contribution in [0.2, 0.25) is 5.02 Å². The zero-order valence-electron chi connectivity index (χ0n) is 13.4. The van der Waals surface area contributed by atoms with E-state index in [2.05, 4.69) is 23.7 Å². The molecule has 1 aliphatic heterocycles. The largest absolute Gasteiger partial charge is 0.345 e. The smallest absolute Gasteiger partial charge is 0.275 e. The lowest BCUT2D eigenvalue weighted by Crippen LogP contribution is -3.14. The highest BCUT2D eigenvalue weighted by molar-refractivity contribution is 7.10. The third kappa shape index (κ3) is 3.77. The molecule has 1 aromatic carbocycles. The quantitative estimate of drug-likeness (QED) is 0.874. The van der Waals surface area contributed by atoms with Crippen molar-refractivity contribution in [2.75, 3.05) is 13.1 Å². The highest BCUT2D eigenvalue weighted by Crippen LogP contribution is 2.24. The average Bonchev–Trinajstić information content (AvgIpc) is 3.00. The van der Waals surface area contributed by atoms with E-state index in [0.29, 0.717) is 17.6 Å². The van der Waals surface area contributed by atoms with Crippen LogP contribution in [0.25, 0.3) is 0 Å². The van der Waals surface area contributed by atoms with Gasteiger partial charge in [-0.05, 0) is 43.0 Å². The molecule has 23 heavy (non-hydrogen) atoms. The van der Waals surface area contributed by atoms with Gasteiger partial charge in [0.2, 0.25) is 0 Å². The number of nitrogens with one attached hydrogen (secondary N) is 2. The van der Waals surface area contributed by atoms with Crippen molar-refractivity contribution in [1.29, 1.82) is 0 Å². The minimum Gasteiger partial charge on any atom is -0.345 e. The van der Waals surface area contributed by atoms with Crippen molar-refractivity contribution in [3.8, 4) is 0 Å². The number of halogens is 1. The van der Waals surface area contributed by atoms with Crippen molar-refractivity contribution >= 4 is 28.8 Å². The van der Waals surface area contributed by atoms with Gasteiger partial charge in [-0.15, -0.1) is 11.3 Å². The van der Waals surface area contributed by atoms with E-state index in [1.807, 2.05) is 42.5 Å². The summed E-state index contributed by atoms with van der Waals surface area (Å²) in [5.74, 6) is 0.105. The van der Waals surface area contributed by atoms with Crippen molar-refractivity contribution in [2.24, 2.45) is 0 Å². The van der Waals surface area contributed by atoms with E-state index in [1.165, 1.54) is 15.3 Å². The SMILES string of the molecule is C[C@H](NC(=O)C[NH+]1CCc2sccc2[C@H]1C)c1ccc(Cl)cc1. The Morgan fingerprint density at radius 3 is 2.87 bits per heavy atom. The topological polar surface area (TPSA) is 33.5 Å².